The molecule has 0 bridgehead atoms. The molecular formula is C21H21F2N5O. The third-order valence-corrected chi connectivity index (χ3v) is 4.86. The number of benzene rings is 2. The summed E-state index contributed by atoms with van der Waals surface area (Å²) in [6, 6.07) is 13.3. The van der Waals surface area contributed by atoms with E-state index in [-0.39, 0.29) is 5.69 Å². The van der Waals surface area contributed by atoms with Gasteiger partial charge >= 0.3 is 0 Å². The highest BCUT2D eigenvalue weighted by Gasteiger charge is 2.20. The second-order valence-corrected chi connectivity index (χ2v) is 6.64. The van der Waals surface area contributed by atoms with Crippen molar-refractivity contribution in [2.75, 3.05) is 48.4 Å². The molecule has 1 aliphatic rings. The van der Waals surface area contributed by atoms with Crippen molar-refractivity contribution in [1.29, 1.82) is 0 Å². The minimum Gasteiger partial charge on any atom is -0.497 e. The Bertz CT molecular complexity index is 955. The SMILES string of the molecule is COc1ccc(N2CCN(c3nccc(Nc4c(F)cccc4F)n3)CC2)cc1. The molecule has 0 aliphatic carbocycles. The van der Waals surface area contributed by atoms with E-state index in [1.165, 1.54) is 18.2 Å². The molecule has 4 rings (SSSR count). The molecule has 0 unspecified atom stereocenters. The standard InChI is InChI=1S/C21H21F2N5O/c1-29-16-7-5-15(6-8-16)27-11-13-28(14-12-27)21-24-10-9-19(26-21)25-20-17(22)3-2-4-18(20)23/h2-10H,11-14H2,1H3,(H,24,25,26). The third-order valence-electron chi connectivity index (χ3n) is 4.86. The Morgan fingerprint density at radius 1 is 0.897 bits per heavy atom. The lowest BCUT2D eigenvalue weighted by atomic mass is 10.2. The number of hydrogen-bond acceptors (Lipinski definition) is 6. The molecule has 0 radical (unpaired) electrons. The van der Waals surface area contributed by atoms with Crippen LogP contribution < -0.4 is 19.9 Å². The average Bonchev–Trinajstić information content (AvgIpc) is 2.77. The fourth-order valence-corrected chi connectivity index (χ4v) is 3.27. The monoisotopic (exact) mass is 397 g/mol. The smallest absolute Gasteiger partial charge is 0.227 e. The molecule has 0 atom stereocenters. The van der Waals surface area contributed by atoms with E-state index in [4.69, 9.17) is 4.74 Å². The maximum absolute atomic E-state index is 13.9. The van der Waals surface area contributed by atoms with Crippen LogP contribution in [0.5, 0.6) is 5.75 Å². The Kier molecular flexibility index (Phi) is 5.41. The van der Waals surface area contributed by atoms with Gasteiger partial charge in [-0.1, -0.05) is 6.07 Å². The summed E-state index contributed by atoms with van der Waals surface area (Å²) in [5, 5.41) is 2.72. The zero-order chi connectivity index (χ0) is 20.2. The first kappa shape index (κ1) is 18.9. The Morgan fingerprint density at radius 3 is 2.21 bits per heavy atom. The molecular weight excluding hydrogens is 376 g/mol. The number of piperazine rings is 1. The van der Waals surface area contributed by atoms with Gasteiger partial charge in [-0.3, -0.25) is 0 Å². The topological polar surface area (TPSA) is 53.5 Å². The number of para-hydroxylation sites is 1. The number of nitrogens with zero attached hydrogens (tertiary/aromatic N) is 4. The number of hydrogen-bond donors (Lipinski definition) is 1. The molecule has 3 aromatic rings. The van der Waals surface area contributed by atoms with Crippen LogP contribution in [0.1, 0.15) is 0 Å². The molecule has 29 heavy (non-hydrogen) atoms. The second kappa shape index (κ2) is 8.30. The van der Waals surface area contributed by atoms with Gasteiger partial charge in [0.05, 0.1) is 7.11 Å². The zero-order valence-electron chi connectivity index (χ0n) is 16.0. The largest absolute Gasteiger partial charge is 0.497 e. The van der Waals surface area contributed by atoms with Crippen LogP contribution in [-0.4, -0.2) is 43.3 Å². The van der Waals surface area contributed by atoms with Gasteiger partial charge in [0.2, 0.25) is 5.95 Å². The highest BCUT2D eigenvalue weighted by molar-refractivity contribution is 5.58. The highest BCUT2D eigenvalue weighted by atomic mass is 19.1. The van der Waals surface area contributed by atoms with Crippen molar-refractivity contribution in [2.45, 2.75) is 0 Å². The Morgan fingerprint density at radius 2 is 1.55 bits per heavy atom. The van der Waals surface area contributed by atoms with Crippen molar-refractivity contribution in [3.8, 4) is 5.75 Å². The zero-order valence-corrected chi connectivity index (χ0v) is 16.0. The molecule has 1 N–H and O–H groups in total. The summed E-state index contributed by atoms with van der Waals surface area (Å²) in [4.78, 5) is 13.1. The molecule has 0 spiro atoms. The van der Waals surface area contributed by atoms with Crippen molar-refractivity contribution >= 4 is 23.1 Å². The van der Waals surface area contributed by atoms with E-state index in [0.717, 1.165) is 37.6 Å². The number of halogens is 2. The van der Waals surface area contributed by atoms with Crippen molar-refractivity contribution in [2.24, 2.45) is 0 Å². The molecule has 6 nitrogen and oxygen atoms in total. The Hall–Kier alpha value is -3.42. The molecule has 8 heteroatoms. The highest BCUT2D eigenvalue weighted by Crippen LogP contribution is 2.24. The molecule has 1 aliphatic heterocycles. The summed E-state index contributed by atoms with van der Waals surface area (Å²) in [7, 11) is 1.65. The van der Waals surface area contributed by atoms with E-state index in [2.05, 4.69) is 25.1 Å². The van der Waals surface area contributed by atoms with Crippen LogP contribution in [-0.2, 0) is 0 Å². The van der Waals surface area contributed by atoms with Crippen molar-refractivity contribution in [1.82, 2.24) is 9.97 Å². The predicted molar refractivity (Wildman–Crippen MR) is 109 cm³/mol. The van der Waals surface area contributed by atoms with E-state index in [1.54, 1.807) is 19.4 Å². The lowest BCUT2D eigenvalue weighted by Crippen LogP contribution is -2.47. The van der Waals surface area contributed by atoms with E-state index in [0.29, 0.717) is 11.8 Å². The molecule has 2 aromatic carbocycles. The first-order valence-corrected chi connectivity index (χ1v) is 9.32. The van der Waals surface area contributed by atoms with Gasteiger partial charge in [0.25, 0.3) is 0 Å². The number of ether oxygens (including phenoxy) is 1. The predicted octanol–water partition coefficient (Wildman–Crippen LogP) is 3.83. The fraction of sp³-hybridized carbons (Fsp3) is 0.238. The van der Waals surface area contributed by atoms with Crippen LogP contribution in [0.2, 0.25) is 0 Å². The van der Waals surface area contributed by atoms with Crippen LogP contribution in [0.25, 0.3) is 0 Å². The number of anilines is 4. The van der Waals surface area contributed by atoms with E-state index in [1.807, 2.05) is 24.3 Å². The first-order valence-electron chi connectivity index (χ1n) is 9.32. The van der Waals surface area contributed by atoms with E-state index in [9.17, 15) is 8.78 Å². The van der Waals surface area contributed by atoms with Crippen molar-refractivity contribution < 1.29 is 13.5 Å². The number of rotatable bonds is 5. The fourth-order valence-electron chi connectivity index (χ4n) is 3.27. The van der Waals surface area contributed by atoms with Gasteiger partial charge in [-0.05, 0) is 42.5 Å². The Labute approximate surface area is 167 Å². The summed E-state index contributed by atoms with van der Waals surface area (Å²) >= 11 is 0. The van der Waals surface area contributed by atoms with Crippen LogP contribution in [0, 0.1) is 11.6 Å². The summed E-state index contributed by atoms with van der Waals surface area (Å²) in [6.07, 6.45) is 1.58. The van der Waals surface area contributed by atoms with E-state index >= 15 is 0 Å². The molecule has 150 valence electrons. The van der Waals surface area contributed by atoms with Crippen LogP contribution in [0.15, 0.2) is 54.7 Å². The van der Waals surface area contributed by atoms with Crippen molar-refractivity contribution in [3.63, 3.8) is 0 Å². The van der Waals surface area contributed by atoms with Crippen LogP contribution >= 0.6 is 0 Å². The van der Waals surface area contributed by atoms with Crippen LogP contribution in [0.4, 0.5) is 31.9 Å². The minimum absolute atomic E-state index is 0.221. The second-order valence-electron chi connectivity index (χ2n) is 6.64. The van der Waals surface area contributed by atoms with Gasteiger partial charge < -0.3 is 19.9 Å². The summed E-state index contributed by atoms with van der Waals surface area (Å²) in [6.45, 7) is 3.11. The number of aromatic nitrogens is 2. The minimum atomic E-state index is -0.668. The van der Waals surface area contributed by atoms with Crippen molar-refractivity contribution in [3.05, 3.63) is 66.4 Å². The van der Waals surface area contributed by atoms with Gasteiger partial charge in [0, 0.05) is 38.1 Å². The van der Waals surface area contributed by atoms with E-state index < -0.39 is 11.6 Å². The quantitative estimate of drug-likeness (QED) is 0.706. The summed E-state index contributed by atoms with van der Waals surface area (Å²) in [5.41, 5.74) is 0.915. The Balaban J connectivity index is 1.43. The summed E-state index contributed by atoms with van der Waals surface area (Å²) in [5.74, 6) is 0.366. The van der Waals surface area contributed by atoms with Crippen LogP contribution in [0.3, 0.4) is 0 Å². The molecule has 0 saturated carbocycles. The molecule has 1 aromatic heterocycles. The number of nitrogens with one attached hydrogen (secondary N) is 1. The van der Waals surface area contributed by atoms with Gasteiger partial charge in [0.15, 0.2) is 0 Å². The average molecular weight is 397 g/mol. The first-order chi connectivity index (χ1) is 14.1. The van der Waals surface area contributed by atoms with Gasteiger partial charge in [-0.15, -0.1) is 0 Å². The molecule has 0 amide bonds. The molecule has 2 heterocycles. The molecule has 1 saturated heterocycles. The maximum atomic E-state index is 13.9. The van der Waals surface area contributed by atoms with Gasteiger partial charge in [-0.25, -0.2) is 13.8 Å². The normalized spacial score (nSPS) is 14.0. The third kappa shape index (κ3) is 4.21. The number of methoxy groups -OCH3 is 1. The molecule has 1 fully saturated rings. The van der Waals surface area contributed by atoms with Gasteiger partial charge in [0.1, 0.15) is 28.9 Å². The maximum Gasteiger partial charge on any atom is 0.227 e. The van der Waals surface area contributed by atoms with Gasteiger partial charge in [-0.2, -0.15) is 4.98 Å². The lowest BCUT2D eigenvalue weighted by molar-refractivity contribution is 0.415. The summed E-state index contributed by atoms with van der Waals surface area (Å²) < 4.78 is 33.0. The lowest BCUT2D eigenvalue weighted by Gasteiger charge is -2.36.